The number of carbonyl (C=O) groups is 2. The van der Waals surface area contributed by atoms with E-state index in [2.05, 4.69) is 15.9 Å². The normalized spacial score (nSPS) is 10.4. The quantitative estimate of drug-likeness (QED) is 0.641. The first-order valence-corrected chi connectivity index (χ1v) is 6.31. The molecular weight excluding hydrogens is 316 g/mol. The first-order valence-electron chi connectivity index (χ1n) is 5.52. The molecule has 0 aliphatic rings. The fourth-order valence-electron chi connectivity index (χ4n) is 1.24. The van der Waals surface area contributed by atoms with Gasteiger partial charge in [-0.15, -0.1) is 0 Å². The highest BCUT2D eigenvalue weighted by atomic mass is 79.9. The molecule has 0 radical (unpaired) electrons. The third-order valence-corrected chi connectivity index (χ3v) is 2.64. The minimum Gasteiger partial charge on any atom is -0.481 e. The molecule has 0 amide bonds. The van der Waals surface area contributed by atoms with Gasteiger partial charge >= 0.3 is 11.9 Å². The van der Waals surface area contributed by atoms with Crippen LogP contribution in [-0.2, 0) is 14.3 Å². The van der Waals surface area contributed by atoms with Crippen molar-refractivity contribution in [2.24, 2.45) is 0 Å². The van der Waals surface area contributed by atoms with Crippen molar-refractivity contribution in [2.75, 3.05) is 13.2 Å². The van der Waals surface area contributed by atoms with Crippen LogP contribution in [0.4, 0.5) is 0 Å². The summed E-state index contributed by atoms with van der Waals surface area (Å²) in [6.07, 6.45) is 2.50. The van der Waals surface area contributed by atoms with Crippen molar-refractivity contribution in [1.82, 2.24) is 0 Å². The van der Waals surface area contributed by atoms with Crippen LogP contribution in [0.1, 0.15) is 12.5 Å². The zero-order chi connectivity index (χ0) is 14.3. The monoisotopic (exact) mass is 328 g/mol. The summed E-state index contributed by atoms with van der Waals surface area (Å²) in [5.41, 5.74) is 0.706. The molecule has 1 aromatic carbocycles. The van der Waals surface area contributed by atoms with Gasteiger partial charge in [0.05, 0.1) is 11.1 Å². The van der Waals surface area contributed by atoms with Gasteiger partial charge in [-0.2, -0.15) is 0 Å². The number of hydrogen-bond acceptors (Lipinski definition) is 4. The van der Waals surface area contributed by atoms with E-state index in [9.17, 15) is 9.59 Å². The summed E-state index contributed by atoms with van der Waals surface area (Å²) in [6.45, 7) is 1.86. The second kappa shape index (κ2) is 7.58. The second-order valence-corrected chi connectivity index (χ2v) is 4.31. The molecule has 0 saturated heterocycles. The lowest BCUT2D eigenvalue weighted by Crippen LogP contribution is -2.14. The van der Waals surface area contributed by atoms with E-state index >= 15 is 0 Å². The highest BCUT2D eigenvalue weighted by Crippen LogP contribution is 2.26. The molecule has 102 valence electrons. The number of rotatable bonds is 6. The number of hydrogen-bond donors (Lipinski definition) is 1. The van der Waals surface area contributed by atoms with Crippen molar-refractivity contribution in [3.8, 4) is 5.75 Å². The second-order valence-electron chi connectivity index (χ2n) is 3.46. The molecule has 0 heterocycles. The number of ether oxygens (including phenoxy) is 2. The topological polar surface area (TPSA) is 72.8 Å². The van der Waals surface area contributed by atoms with Gasteiger partial charge in [-0.05, 0) is 46.6 Å². The maximum Gasteiger partial charge on any atom is 0.344 e. The van der Waals surface area contributed by atoms with E-state index in [-0.39, 0.29) is 6.61 Å². The molecule has 0 atom stereocenters. The Morgan fingerprint density at radius 2 is 2.16 bits per heavy atom. The van der Waals surface area contributed by atoms with Crippen LogP contribution in [0.25, 0.3) is 6.08 Å². The van der Waals surface area contributed by atoms with Gasteiger partial charge in [0.1, 0.15) is 5.75 Å². The van der Waals surface area contributed by atoms with Crippen LogP contribution >= 0.6 is 15.9 Å². The Morgan fingerprint density at radius 3 is 2.74 bits per heavy atom. The summed E-state index contributed by atoms with van der Waals surface area (Å²) >= 11 is 3.28. The number of carboxylic acids is 1. The maximum absolute atomic E-state index is 11.1. The average Bonchev–Trinajstić information content (AvgIpc) is 2.35. The number of halogens is 1. The van der Waals surface area contributed by atoms with Gasteiger partial charge < -0.3 is 14.6 Å². The first-order chi connectivity index (χ1) is 9.02. The number of esters is 1. The molecule has 5 nitrogen and oxygen atoms in total. The lowest BCUT2D eigenvalue weighted by Gasteiger charge is -2.08. The molecular formula is C13H13BrO5. The van der Waals surface area contributed by atoms with Crippen LogP contribution in [0.5, 0.6) is 5.75 Å². The molecule has 0 aliphatic heterocycles. The first kappa shape index (κ1) is 15.2. The van der Waals surface area contributed by atoms with Gasteiger partial charge in [0.2, 0.25) is 0 Å². The van der Waals surface area contributed by atoms with Crippen LogP contribution in [-0.4, -0.2) is 30.3 Å². The van der Waals surface area contributed by atoms with Crippen molar-refractivity contribution >= 4 is 33.9 Å². The summed E-state index contributed by atoms with van der Waals surface area (Å²) in [5, 5.41) is 8.52. The number of carboxylic acid groups (broad SMARTS) is 1. The third-order valence-electron chi connectivity index (χ3n) is 2.03. The van der Waals surface area contributed by atoms with E-state index in [0.717, 1.165) is 6.08 Å². The Balaban J connectivity index is 2.67. The highest BCUT2D eigenvalue weighted by Gasteiger charge is 2.06. The van der Waals surface area contributed by atoms with Crippen LogP contribution in [0, 0.1) is 0 Å². The molecule has 6 heteroatoms. The molecule has 0 spiro atoms. The number of carbonyl (C=O) groups excluding carboxylic acids is 1. The number of benzene rings is 1. The van der Waals surface area contributed by atoms with E-state index in [1.54, 1.807) is 25.1 Å². The summed E-state index contributed by atoms with van der Waals surface area (Å²) in [7, 11) is 0. The largest absolute Gasteiger partial charge is 0.481 e. The molecule has 0 fully saturated rings. The Kier molecular flexibility index (Phi) is 6.08. The van der Waals surface area contributed by atoms with E-state index in [1.807, 2.05) is 0 Å². The smallest absolute Gasteiger partial charge is 0.344 e. The summed E-state index contributed by atoms with van der Waals surface area (Å²) in [5.74, 6) is -0.969. The number of aliphatic carboxylic acids is 1. The van der Waals surface area contributed by atoms with E-state index in [1.165, 1.54) is 6.08 Å². The third kappa shape index (κ3) is 5.56. The van der Waals surface area contributed by atoms with Gasteiger partial charge in [0.25, 0.3) is 0 Å². The van der Waals surface area contributed by atoms with Crippen molar-refractivity contribution in [3.63, 3.8) is 0 Å². The molecule has 0 aromatic heterocycles. The van der Waals surface area contributed by atoms with E-state index in [0.29, 0.717) is 22.4 Å². The Bertz CT molecular complexity index is 496. The minimum atomic E-state index is -1.02. The lowest BCUT2D eigenvalue weighted by molar-refractivity contribution is -0.145. The Hall–Kier alpha value is -1.82. The fraction of sp³-hybridized carbons (Fsp3) is 0.231. The standard InChI is InChI=1S/C13H13BrO5/c1-2-18-13(17)8-19-11-5-3-9(7-10(11)14)4-6-12(15)16/h3-7H,2,8H2,1H3,(H,15,16). The summed E-state index contributed by atoms with van der Waals surface area (Å²) < 4.78 is 10.6. The Morgan fingerprint density at radius 1 is 1.42 bits per heavy atom. The Labute approximate surface area is 119 Å². The summed E-state index contributed by atoms with van der Waals surface area (Å²) in [6, 6.07) is 5.02. The molecule has 0 bridgehead atoms. The molecule has 19 heavy (non-hydrogen) atoms. The maximum atomic E-state index is 11.1. The fourth-order valence-corrected chi connectivity index (χ4v) is 1.76. The van der Waals surface area contributed by atoms with Crippen LogP contribution in [0.2, 0.25) is 0 Å². The van der Waals surface area contributed by atoms with E-state index in [4.69, 9.17) is 14.6 Å². The van der Waals surface area contributed by atoms with Crippen molar-refractivity contribution < 1.29 is 24.2 Å². The van der Waals surface area contributed by atoms with Crippen molar-refractivity contribution in [1.29, 1.82) is 0 Å². The van der Waals surface area contributed by atoms with Crippen LogP contribution in [0.15, 0.2) is 28.7 Å². The minimum absolute atomic E-state index is 0.170. The highest BCUT2D eigenvalue weighted by molar-refractivity contribution is 9.10. The molecule has 1 aromatic rings. The van der Waals surface area contributed by atoms with Gasteiger partial charge in [-0.1, -0.05) is 6.07 Å². The van der Waals surface area contributed by atoms with Gasteiger partial charge in [0.15, 0.2) is 6.61 Å². The SMILES string of the molecule is CCOC(=O)COc1ccc(C=CC(=O)O)cc1Br. The van der Waals surface area contributed by atoms with Gasteiger partial charge in [-0.3, -0.25) is 0 Å². The van der Waals surface area contributed by atoms with Crippen LogP contribution in [0.3, 0.4) is 0 Å². The molecule has 0 saturated carbocycles. The van der Waals surface area contributed by atoms with Crippen molar-refractivity contribution in [3.05, 3.63) is 34.3 Å². The van der Waals surface area contributed by atoms with Gasteiger partial charge in [-0.25, -0.2) is 9.59 Å². The van der Waals surface area contributed by atoms with Crippen molar-refractivity contribution in [2.45, 2.75) is 6.92 Å². The van der Waals surface area contributed by atoms with E-state index < -0.39 is 11.9 Å². The predicted molar refractivity (Wildman–Crippen MR) is 72.9 cm³/mol. The molecule has 1 N–H and O–H groups in total. The zero-order valence-electron chi connectivity index (χ0n) is 10.3. The molecule has 1 rings (SSSR count). The lowest BCUT2D eigenvalue weighted by atomic mass is 10.2. The molecule has 0 aliphatic carbocycles. The predicted octanol–water partition coefficient (Wildman–Crippen LogP) is 2.49. The zero-order valence-corrected chi connectivity index (χ0v) is 11.8. The van der Waals surface area contributed by atoms with Crippen LogP contribution < -0.4 is 4.74 Å². The molecule has 0 unspecified atom stereocenters. The average molecular weight is 329 g/mol. The summed E-state index contributed by atoms with van der Waals surface area (Å²) in [4.78, 5) is 21.5. The van der Waals surface area contributed by atoms with Gasteiger partial charge in [0, 0.05) is 6.08 Å².